The summed E-state index contributed by atoms with van der Waals surface area (Å²) in [6, 6.07) is 7.67. The van der Waals surface area contributed by atoms with E-state index in [9.17, 15) is 4.79 Å². The molecule has 1 aliphatic carbocycles. The van der Waals surface area contributed by atoms with Crippen LogP contribution in [0.2, 0.25) is 0 Å². The van der Waals surface area contributed by atoms with Crippen LogP contribution in [0.3, 0.4) is 0 Å². The topological polar surface area (TPSA) is 26.3 Å². The van der Waals surface area contributed by atoms with Crippen molar-refractivity contribution < 1.29 is 9.53 Å². The standard InChI is InChI=1S/C17H24O2/c1-2-3-13-19-16-11-9-15(10-12-16)17(18)14-7-5-4-6-8-14/h9-12,14H,2-8,13H2,1H3. The van der Waals surface area contributed by atoms with E-state index in [2.05, 4.69) is 6.92 Å². The lowest BCUT2D eigenvalue weighted by molar-refractivity contribution is 0.0889. The molecule has 0 heterocycles. The molecule has 1 aromatic carbocycles. The van der Waals surface area contributed by atoms with Gasteiger partial charge in [0.15, 0.2) is 5.78 Å². The Bertz CT molecular complexity index is 388. The maximum atomic E-state index is 12.3. The minimum absolute atomic E-state index is 0.251. The lowest BCUT2D eigenvalue weighted by Gasteiger charge is -2.20. The van der Waals surface area contributed by atoms with E-state index in [1.165, 1.54) is 19.3 Å². The van der Waals surface area contributed by atoms with Crippen molar-refractivity contribution in [3.8, 4) is 5.75 Å². The van der Waals surface area contributed by atoms with E-state index in [0.717, 1.165) is 43.6 Å². The Hall–Kier alpha value is -1.31. The van der Waals surface area contributed by atoms with Gasteiger partial charge in [-0.25, -0.2) is 0 Å². The van der Waals surface area contributed by atoms with Crippen LogP contribution in [0.5, 0.6) is 5.75 Å². The van der Waals surface area contributed by atoms with Gasteiger partial charge in [-0.05, 0) is 43.5 Å². The highest BCUT2D eigenvalue weighted by atomic mass is 16.5. The molecule has 1 aliphatic rings. The number of rotatable bonds is 6. The highest BCUT2D eigenvalue weighted by Crippen LogP contribution is 2.27. The normalized spacial score (nSPS) is 16.3. The van der Waals surface area contributed by atoms with Crippen LogP contribution in [-0.2, 0) is 0 Å². The van der Waals surface area contributed by atoms with Crippen LogP contribution in [-0.4, -0.2) is 12.4 Å². The number of hydrogen-bond donors (Lipinski definition) is 0. The summed E-state index contributed by atoms with van der Waals surface area (Å²) in [4.78, 5) is 12.3. The van der Waals surface area contributed by atoms with Crippen LogP contribution in [0.25, 0.3) is 0 Å². The second-order valence-electron chi connectivity index (χ2n) is 5.43. The van der Waals surface area contributed by atoms with Crippen LogP contribution in [0.1, 0.15) is 62.2 Å². The van der Waals surface area contributed by atoms with Crippen LogP contribution < -0.4 is 4.74 Å². The Balaban J connectivity index is 1.91. The van der Waals surface area contributed by atoms with Gasteiger partial charge >= 0.3 is 0 Å². The van der Waals surface area contributed by atoms with E-state index in [0.29, 0.717) is 5.78 Å². The third-order valence-corrected chi connectivity index (χ3v) is 3.88. The summed E-state index contributed by atoms with van der Waals surface area (Å²) >= 11 is 0. The van der Waals surface area contributed by atoms with Crippen molar-refractivity contribution in [2.75, 3.05) is 6.61 Å². The molecule has 0 spiro atoms. The van der Waals surface area contributed by atoms with Crippen molar-refractivity contribution in [2.24, 2.45) is 5.92 Å². The SMILES string of the molecule is CCCCOc1ccc(C(=O)C2CCCCC2)cc1. The predicted octanol–water partition coefficient (Wildman–Crippen LogP) is 4.63. The Morgan fingerprint density at radius 2 is 1.84 bits per heavy atom. The Morgan fingerprint density at radius 3 is 2.47 bits per heavy atom. The highest BCUT2D eigenvalue weighted by Gasteiger charge is 2.22. The summed E-state index contributed by atoms with van der Waals surface area (Å²) in [6.07, 6.45) is 8.03. The summed E-state index contributed by atoms with van der Waals surface area (Å²) < 4.78 is 5.62. The van der Waals surface area contributed by atoms with Crippen LogP contribution in [0.15, 0.2) is 24.3 Å². The van der Waals surface area contributed by atoms with Gasteiger partial charge in [0.2, 0.25) is 0 Å². The number of benzene rings is 1. The molecule has 0 atom stereocenters. The molecule has 0 saturated heterocycles. The van der Waals surface area contributed by atoms with Gasteiger partial charge in [0.1, 0.15) is 5.75 Å². The first-order chi connectivity index (χ1) is 9.31. The molecule has 0 unspecified atom stereocenters. The molecule has 1 aromatic rings. The Labute approximate surface area is 116 Å². The number of Topliss-reactive ketones (excluding diaryl/α,β-unsaturated/α-hetero) is 1. The molecule has 2 nitrogen and oxygen atoms in total. The second kappa shape index (κ2) is 7.32. The average Bonchev–Trinajstić information content (AvgIpc) is 2.48. The van der Waals surface area contributed by atoms with Gasteiger partial charge in [0.25, 0.3) is 0 Å². The van der Waals surface area contributed by atoms with Crippen molar-refractivity contribution in [1.82, 2.24) is 0 Å². The fourth-order valence-electron chi connectivity index (χ4n) is 2.65. The first-order valence-corrected chi connectivity index (χ1v) is 7.58. The molecule has 0 aromatic heterocycles. The van der Waals surface area contributed by atoms with Crippen LogP contribution >= 0.6 is 0 Å². The number of carbonyl (C=O) groups excluding carboxylic acids is 1. The molecule has 1 saturated carbocycles. The minimum atomic E-state index is 0.251. The fourth-order valence-corrected chi connectivity index (χ4v) is 2.65. The van der Waals surface area contributed by atoms with Gasteiger partial charge in [0.05, 0.1) is 6.61 Å². The molecule has 104 valence electrons. The molecule has 19 heavy (non-hydrogen) atoms. The third kappa shape index (κ3) is 4.09. The van der Waals surface area contributed by atoms with Gasteiger partial charge in [-0.2, -0.15) is 0 Å². The maximum Gasteiger partial charge on any atom is 0.165 e. The van der Waals surface area contributed by atoms with E-state index < -0.39 is 0 Å². The summed E-state index contributed by atoms with van der Waals surface area (Å²) in [5.41, 5.74) is 0.842. The molecule has 2 rings (SSSR count). The second-order valence-corrected chi connectivity index (χ2v) is 5.43. The molecular formula is C17H24O2. The molecular weight excluding hydrogens is 236 g/mol. The van der Waals surface area contributed by atoms with E-state index in [1.807, 2.05) is 24.3 Å². The summed E-state index contributed by atoms with van der Waals surface area (Å²) in [7, 11) is 0. The van der Waals surface area contributed by atoms with Gasteiger partial charge in [-0.1, -0.05) is 32.6 Å². The Kier molecular flexibility index (Phi) is 5.44. The van der Waals surface area contributed by atoms with Gasteiger partial charge in [-0.15, -0.1) is 0 Å². The smallest absolute Gasteiger partial charge is 0.165 e. The van der Waals surface area contributed by atoms with Crippen molar-refractivity contribution in [2.45, 2.75) is 51.9 Å². The summed E-state index contributed by atoms with van der Waals surface area (Å²) in [5, 5.41) is 0. The van der Waals surface area contributed by atoms with Gasteiger partial charge in [0, 0.05) is 11.5 Å². The third-order valence-electron chi connectivity index (χ3n) is 3.88. The quantitative estimate of drug-likeness (QED) is 0.550. The molecule has 0 radical (unpaired) electrons. The van der Waals surface area contributed by atoms with Gasteiger partial charge < -0.3 is 4.74 Å². The van der Waals surface area contributed by atoms with Crippen molar-refractivity contribution in [3.63, 3.8) is 0 Å². The molecule has 2 heteroatoms. The minimum Gasteiger partial charge on any atom is -0.494 e. The molecule has 0 bridgehead atoms. The fraction of sp³-hybridized carbons (Fsp3) is 0.588. The van der Waals surface area contributed by atoms with Crippen molar-refractivity contribution in [3.05, 3.63) is 29.8 Å². The average molecular weight is 260 g/mol. The summed E-state index contributed by atoms with van der Waals surface area (Å²) in [6.45, 7) is 2.90. The maximum absolute atomic E-state index is 12.3. The van der Waals surface area contributed by atoms with E-state index >= 15 is 0 Å². The zero-order chi connectivity index (χ0) is 13.5. The first-order valence-electron chi connectivity index (χ1n) is 7.58. The number of carbonyl (C=O) groups is 1. The molecule has 0 N–H and O–H groups in total. The van der Waals surface area contributed by atoms with Crippen molar-refractivity contribution in [1.29, 1.82) is 0 Å². The van der Waals surface area contributed by atoms with E-state index in [4.69, 9.17) is 4.74 Å². The molecule has 0 aliphatic heterocycles. The predicted molar refractivity (Wildman–Crippen MR) is 77.8 cm³/mol. The Morgan fingerprint density at radius 1 is 1.16 bits per heavy atom. The van der Waals surface area contributed by atoms with E-state index in [-0.39, 0.29) is 5.92 Å². The zero-order valence-corrected chi connectivity index (χ0v) is 11.9. The van der Waals surface area contributed by atoms with Crippen molar-refractivity contribution >= 4 is 5.78 Å². The summed E-state index contributed by atoms with van der Waals surface area (Å²) in [5.74, 6) is 1.44. The van der Waals surface area contributed by atoms with Gasteiger partial charge in [-0.3, -0.25) is 4.79 Å². The monoisotopic (exact) mass is 260 g/mol. The van der Waals surface area contributed by atoms with Crippen LogP contribution in [0, 0.1) is 5.92 Å². The zero-order valence-electron chi connectivity index (χ0n) is 11.9. The largest absolute Gasteiger partial charge is 0.494 e. The lowest BCUT2D eigenvalue weighted by Crippen LogP contribution is -2.17. The van der Waals surface area contributed by atoms with Crippen LogP contribution in [0.4, 0.5) is 0 Å². The number of unbranched alkanes of at least 4 members (excludes halogenated alkanes) is 1. The van der Waals surface area contributed by atoms with E-state index in [1.54, 1.807) is 0 Å². The molecule has 1 fully saturated rings. The highest BCUT2D eigenvalue weighted by molar-refractivity contribution is 5.97. The number of hydrogen-bond acceptors (Lipinski definition) is 2. The molecule has 0 amide bonds. The number of ketones is 1. The first kappa shape index (κ1) is 14.1. The lowest BCUT2D eigenvalue weighted by atomic mass is 9.84. The number of ether oxygens (including phenoxy) is 1.